The minimum atomic E-state index is -3.31. The van der Waals surface area contributed by atoms with Crippen LogP contribution in [0, 0.1) is 0 Å². The topological polar surface area (TPSA) is 61.9 Å². The van der Waals surface area contributed by atoms with Crippen LogP contribution < -0.4 is 5.32 Å². The Kier molecular flexibility index (Phi) is 6.51. The van der Waals surface area contributed by atoms with Gasteiger partial charge in [0.05, 0.1) is 6.10 Å². The molecule has 0 radical (unpaired) electrons. The molecule has 1 saturated heterocycles. The van der Waals surface area contributed by atoms with Crippen molar-refractivity contribution >= 4 is 10.2 Å². The lowest BCUT2D eigenvalue weighted by Crippen LogP contribution is -2.42. The molecule has 0 spiro atoms. The first-order chi connectivity index (χ1) is 8.52. The van der Waals surface area contributed by atoms with Crippen LogP contribution in [0.25, 0.3) is 0 Å². The molecule has 0 bridgehead atoms. The summed E-state index contributed by atoms with van der Waals surface area (Å²) in [6.07, 6.45) is 1.64. The van der Waals surface area contributed by atoms with Gasteiger partial charge in [0.25, 0.3) is 10.2 Å². The van der Waals surface area contributed by atoms with Crippen LogP contribution >= 0.6 is 0 Å². The Hall–Kier alpha value is -0.210. The minimum absolute atomic E-state index is 0.0370. The Balaban J connectivity index is 2.42. The molecule has 0 aromatic rings. The summed E-state index contributed by atoms with van der Waals surface area (Å²) in [6.45, 7) is 5.36. The maximum Gasteiger partial charge on any atom is 0.281 e. The quantitative estimate of drug-likeness (QED) is 0.630. The van der Waals surface area contributed by atoms with Crippen molar-refractivity contribution in [2.45, 2.75) is 25.9 Å². The van der Waals surface area contributed by atoms with Crippen LogP contribution in [0.5, 0.6) is 0 Å². The first-order valence-corrected chi connectivity index (χ1v) is 7.87. The molecule has 0 amide bonds. The number of nitrogens with one attached hydrogen (secondary N) is 1. The molecule has 1 unspecified atom stereocenters. The molecule has 0 aromatic carbocycles. The normalized spacial score (nSPS) is 21.9. The largest absolute Gasteiger partial charge is 0.380 e. The van der Waals surface area contributed by atoms with Crippen molar-refractivity contribution in [3.05, 3.63) is 0 Å². The van der Waals surface area contributed by atoms with Crippen LogP contribution in [-0.2, 0) is 14.9 Å². The van der Waals surface area contributed by atoms with Crippen LogP contribution in [0.3, 0.4) is 0 Å². The average molecular weight is 279 g/mol. The lowest BCUT2D eigenvalue weighted by Gasteiger charge is -2.24. The van der Waals surface area contributed by atoms with Crippen molar-refractivity contribution in [1.82, 2.24) is 13.9 Å². The van der Waals surface area contributed by atoms with Crippen LogP contribution in [0.15, 0.2) is 0 Å². The third-order valence-electron chi connectivity index (χ3n) is 3.24. The predicted octanol–water partition coefficient (Wildman–Crippen LogP) is -0.117. The Bertz CT molecular complexity index is 334. The minimum Gasteiger partial charge on any atom is -0.380 e. The van der Waals surface area contributed by atoms with E-state index in [1.54, 1.807) is 14.2 Å². The van der Waals surface area contributed by atoms with E-state index in [1.807, 2.05) is 6.92 Å². The van der Waals surface area contributed by atoms with E-state index in [9.17, 15) is 8.42 Å². The van der Waals surface area contributed by atoms with Gasteiger partial charge in [0.2, 0.25) is 0 Å². The molecule has 18 heavy (non-hydrogen) atoms. The van der Waals surface area contributed by atoms with Gasteiger partial charge in [-0.3, -0.25) is 0 Å². The van der Waals surface area contributed by atoms with E-state index in [1.165, 1.54) is 8.61 Å². The molecule has 1 N–H and O–H groups in total. The number of methoxy groups -OCH3 is 1. The van der Waals surface area contributed by atoms with Crippen LogP contribution in [0.2, 0.25) is 0 Å². The zero-order valence-electron chi connectivity index (χ0n) is 11.6. The summed E-state index contributed by atoms with van der Waals surface area (Å²) in [5, 5.41) is 3.19. The van der Waals surface area contributed by atoms with Crippen LogP contribution in [0.1, 0.15) is 19.8 Å². The smallest absolute Gasteiger partial charge is 0.281 e. The number of hydrogen-bond donors (Lipinski definition) is 1. The second-order valence-electron chi connectivity index (χ2n) is 4.54. The zero-order valence-corrected chi connectivity index (χ0v) is 12.4. The molecule has 1 fully saturated rings. The third kappa shape index (κ3) is 4.17. The molecule has 1 atom stereocenters. The average Bonchev–Trinajstić information content (AvgIpc) is 2.83. The van der Waals surface area contributed by atoms with E-state index >= 15 is 0 Å². The fourth-order valence-electron chi connectivity index (χ4n) is 2.02. The highest BCUT2D eigenvalue weighted by Gasteiger charge is 2.33. The maximum atomic E-state index is 12.2. The molecular formula is C11H25N3O3S. The molecule has 1 rings (SSSR count). The summed E-state index contributed by atoms with van der Waals surface area (Å²) in [5.41, 5.74) is 0. The second kappa shape index (κ2) is 7.40. The SMILES string of the molecule is CCNCCCN(C)S(=O)(=O)N1CCC(OC)C1. The zero-order chi connectivity index (χ0) is 13.6. The molecule has 1 aliphatic heterocycles. The van der Waals surface area contributed by atoms with Crippen molar-refractivity contribution in [3.8, 4) is 0 Å². The molecule has 0 aliphatic carbocycles. The highest BCUT2D eigenvalue weighted by molar-refractivity contribution is 7.86. The Morgan fingerprint density at radius 3 is 2.78 bits per heavy atom. The lowest BCUT2D eigenvalue weighted by atomic mass is 10.3. The van der Waals surface area contributed by atoms with Gasteiger partial charge < -0.3 is 10.1 Å². The van der Waals surface area contributed by atoms with Gasteiger partial charge in [0.15, 0.2) is 0 Å². The second-order valence-corrected chi connectivity index (χ2v) is 6.58. The predicted molar refractivity (Wildman–Crippen MR) is 71.7 cm³/mol. The first-order valence-electron chi connectivity index (χ1n) is 6.47. The van der Waals surface area contributed by atoms with Crippen molar-refractivity contribution in [2.75, 3.05) is 46.9 Å². The molecule has 7 heteroatoms. The third-order valence-corrected chi connectivity index (χ3v) is 5.19. The Labute approximate surface area is 110 Å². The highest BCUT2D eigenvalue weighted by Crippen LogP contribution is 2.17. The summed E-state index contributed by atoms with van der Waals surface area (Å²) < 4.78 is 32.6. The van der Waals surface area contributed by atoms with E-state index in [0.29, 0.717) is 19.6 Å². The Morgan fingerprint density at radius 2 is 2.22 bits per heavy atom. The monoisotopic (exact) mass is 279 g/mol. The van der Waals surface area contributed by atoms with Gasteiger partial charge >= 0.3 is 0 Å². The molecule has 1 aliphatic rings. The van der Waals surface area contributed by atoms with Gasteiger partial charge in [-0.15, -0.1) is 0 Å². The summed E-state index contributed by atoms with van der Waals surface area (Å²) in [6, 6.07) is 0. The molecule has 6 nitrogen and oxygen atoms in total. The van der Waals surface area contributed by atoms with E-state index in [4.69, 9.17) is 4.74 Å². The first kappa shape index (κ1) is 15.8. The Morgan fingerprint density at radius 1 is 1.50 bits per heavy atom. The summed E-state index contributed by atoms with van der Waals surface area (Å²) in [4.78, 5) is 0. The summed E-state index contributed by atoms with van der Waals surface area (Å²) in [7, 11) is -0.0438. The van der Waals surface area contributed by atoms with Crippen molar-refractivity contribution in [3.63, 3.8) is 0 Å². The maximum absolute atomic E-state index is 12.2. The fourth-order valence-corrected chi connectivity index (χ4v) is 3.46. The van der Waals surface area contributed by atoms with Crippen molar-refractivity contribution in [2.24, 2.45) is 0 Å². The number of nitrogens with zero attached hydrogens (tertiary/aromatic N) is 2. The summed E-state index contributed by atoms with van der Waals surface area (Å²) >= 11 is 0. The molecular weight excluding hydrogens is 254 g/mol. The van der Waals surface area contributed by atoms with E-state index in [-0.39, 0.29) is 6.10 Å². The summed E-state index contributed by atoms with van der Waals surface area (Å²) in [5.74, 6) is 0. The fraction of sp³-hybridized carbons (Fsp3) is 1.00. The lowest BCUT2D eigenvalue weighted by molar-refractivity contribution is 0.114. The van der Waals surface area contributed by atoms with Gasteiger partial charge in [-0.25, -0.2) is 0 Å². The highest BCUT2D eigenvalue weighted by atomic mass is 32.2. The number of rotatable bonds is 8. The number of hydrogen-bond acceptors (Lipinski definition) is 4. The van der Waals surface area contributed by atoms with Crippen molar-refractivity contribution < 1.29 is 13.2 Å². The molecule has 0 saturated carbocycles. The van der Waals surface area contributed by atoms with E-state index in [2.05, 4.69) is 5.32 Å². The standard InChI is InChI=1S/C11H25N3O3S/c1-4-12-7-5-8-13(2)18(15,16)14-9-6-11(10-14)17-3/h11-12H,4-10H2,1-3H3. The number of ether oxygens (including phenoxy) is 1. The van der Waals surface area contributed by atoms with Crippen molar-refractivity contribution in [1.29, 1.82) is 0 Å². The van der Waals surface area contributed by atoms with E-state index in [0.717, 1.165) is 25.9 Å². The van der Waals surface area contributed by atoms with Gasteiger partial charge in [-0.05, 0) is 25.9 Å². The van der Waals surface area contributed by atoms with E-state index < -0.39 is 10.2 Å². The van der Waals surface area contributed by atoms with Gasteiger partial charge in [0, 0.05) is 33.8 Å². The van der Waals surface area contributed by atoms with Gasteiger partial charge in [0.1, 0.15) is 0 Å². The van der Waals surface area contributed by atoms with Crippen LogP contribution in [-0.4, -0.2) is 70.0 Å². The van der Waals surface area contributed by atoms with Gasteiger partial charge in [-0.1, -0.05) is 6.92 Å². The van der Waals surface area contributed by atoms with Crippen LogP contribution in [0.4, 0.5) is 0 Å². The molecule has 1 heterocycles. The van der Waals surface area contributed by atoms with Gasteiger partial charge in [-0.2, -0.15) is 17.0 Å². The molecule has 108 valence electrons. The molecule has 0 aromatic heterocycles.